The number of carboxylic acids is 1. The van der Waals surface area contributed by atoms with Crippen LogP contribution >= 0.6 is 8.00 Å². The first-order valence-electron chi connectivity index (χ1n) is 3.49. The average Bonchev–Trinajstić information content (AvgIpc) is 2.11. The van der Waals surface area contributed by atoms with Gasteiger partial charge in [0.2, 0.25) is 0 Å². The van der Waals surface area contributed by atoms with E-state index >= 15 is 0 Å². The summed E-state index contributed by atoms with van der Waals surface area (Å²) in [6.45, 7) is 0. The maximum Gasteiger partial charge on any atom is 0.430 e. The Bertz CT molecular complexity index is 237. The first-order valence-corrected chi connectivity index (χ1v) is 4.74. The summed E-state index contributed by atoms with van der Waals surface area (Å²) >= 11 is 0. The first kappa shape index (κ1) is 12.0. The fourth-order valence-corrected chi connectivity index (χ4v) is 1.15. The summed E-state index contributed by atoms with van der Waals surface area (Å²) in [4.78, 5) is 10.0. The molecule has 0 aromatic heterocycles. The summed E-state index contributed by atoms with van der Waals surface area (Å²) in [5.74, 6) is 0.757. The Labute approximate surface area is 78.0 Å². The van der Waals surface area contributed by atoms with Crippen molar-refractivity contribution in [1.82, 2.24) is 0 Å². The smallest absolute Gasteiger partial charge is 0.430 e. The topological polar surface area (TPSA) is 55.8 Å². The van der Waals surface area contributed by atoms with E-state index in [-0.39, 0.29) is 0 Å². The molecule has 0 fully saturated rings. The van der Waals surface area contributed by atoms with Crippen LogP contribution in [0, 0.1) is 0 Å². The van der Waals surface area contributed by atoms with E-state index in [9.17, 15) is 4.79 Å². The van der Waals surface area contributed by atoms with Crippen molar-refractivity contribution in [3.63, 3.8) is 0 Å². The molecule has 0 bridgehead atoms. The first-order chi connectivity index (χ1) is 6.20. The molecule has 72 valence electrons. The molecule has 0 saturated carbocycles. The van der Waals surface area contributed by atoms with Crippen molar-refractivity contribution in [2.75, 3.05) is 14.2 Å². The molecule has 0 radical (unpaired) electrons. The Morgan fingerprint density at radius 2 is 1.85 bits per heavy atom. The molecule has 4 nitrogen and oxygen atoms in total. The fraction of sp³-hybridized carbons (Fsp3) is 0.250. The molecule has 0 saturated heterocycles. The molecule has 0 rings (SSSR count). The minimum Gasteiger partial charge on any atom is -0.478 e. The zero-order valence-electron chi connectivity index (χ0n) is 7.51. The second-order valence-corrected chi connectivity index (χ2v) is 3.48. The number of hydrogen-bond donors (Lipinski definition) is 1. The Hall–Kier alpha value is -0.960. The van der Waals surface area contributed by atoms with Crippen LogP contribution in [0.15, 0.2) is 24.3 Å². The predicted molar refractivity (Wildman–Crippen MR) is 52.9 cm³/mol. The lowest BCUT2D eigenvalue weighted by Gasteiger charge is -1.80. The summed E-state index contributed by atoms with van der Waals surface area (Å²) in [5, 5.41) is 8.24. The van der Waals surface area contributed by atoms with Gasteiger partial charge in [0, 0.05) is 6.08 Å². The Balaban J connectivity index is 3.98. The number of allylic oxidation sites excluding steroid dienone is 3. The van der Waals surface area contributed by atoms with Gasteiger partial charge >= 0.3 is 14.0 Å². The lowest BCUT2D eigenvalue weighted by Crippen LogP contribution is -1.84. The van der Waals surface area contributed by atoms with Gasteiger partial charge in [0.1, 0.15) is 0 Å². The van der Waals surface area contributed by atoms with Crippen molar-refractivity contribution < 1.29 is 18.9 Å². The van der Waals surface area contributed by atoms with Crippen LogP contribution < -0.4 is 0 Å². The summed E-state index contributed by atoms with van der Waals surface area (Å²) < 4.78 is 9.84. The fourth-order valence-electron chi connectivity index (χ4n) is 0.518. The van der Waals surface area contributed by atoms with E-state index in [0.717, 1.165) is 6.08 Å². The van der Waals surface area contributed by atoms with Crippen molar-refractivity contribution in [1.29, 1.82) is 0 Å². The van der Waals surface area contributed by atoms with Gasteiger partial charge in [-0.15, -0.1) is 0 Å². The molecule has 5 heteroatoms. The van der Waals surface area contributed by atoms with Crippen LogP contribution in [0.3, 0.4) is 0 Å². The highest BCUT2D eigenvalue weighted by Crippen LogP contribution is 2.21. The largest absolute Gasteiger partial charge is 0.478 e. The lowest BCUT2D eigenvalue weighted by molar-refractivity contribution is -0.131. The van der Waals surface area contributed by atoms with Gasteiger partial charge in [0.05, 0.1) is 14.2 Å². The highest BCUT2D eigenvalue weighted by molar-refractivity contribution is 7.47. The molecule has 0 amide bonds. The summed E-state index contributed by atoms with van der Waals surface area (Å²) in [7, 11) is 2.12. The van der Waals surface area contributed by atoms with Crippen molar-refractivity contribution in [2.45, 2.75) is 0 Å². The Morgan fingerprint density at radius 3 is 2.31 bits per heavy atom. The normalized spacial score (nSPS) is 10.9. The second kappa shape index (κ2) is 7.68. The maximum absolute atomic E-state index is 10.0. The van der Waals surface area contributed by atoms with Gasteiger partial charge in [0.25, 0.3) is 0 Å². The van der Waals surface area contributed by atoms with E-state index in [4.69, 9.17) is 14.2 Å². The van der Waals surface area contributed by atoms with Crippen molar-refractivity contribution in [3.05, 3.63) is 24.3 Å². The zero-order chi connectivity index (χ0) is 10.1. The molecule has 0 aliphatic heterocycles. The van der Waals surface area contributed by atoms with Gasteiger partial charge in [-0.25, -0.2) is 4.79 Å². The van der Waals surface area contributed by atoms with Crippen LogP contribution in [0.2, 0.25) is 0 Å². The third-order valence-corrected chi connectivity index (χ3v) is 2.16. The minimum atomic E-state index is -0.981. The average molecular weight is 203 g/mol. The predicted octanol–water partition coefficient (Wildman–Crippen LogP) is 1.59. The van der Waals surface area contributed by atoms with Crippen LogP contribution in [0.4, 0.5) is 0 Å². The van der Waals surface area contributed by atoms with E-state index in [1.54, 1.807) is 32.2 Å². The number of carboxylic acid groups (broad SMARTS) is 1. The summed E-state index contributed by atoms with van der Waals surface area (Å²) in [6.07, 6.45) is 5.75. The van der Waals surface area contributed by atoms with Crippen LogP contribution in [0.25, 0.3) is 0 Å². The molecule has 0 aromatic carbocycles. The molecule has 0 unspecified atom stereocenters. The Morgan fingerprint density at radius 1 is 1.23 bits per heavy atom. The molecule has 0 spiro atoms. The second-order valence-electron chi connectivity index (χ2n) is 1.88. The SMILES string of the molecule is CO[P+](=C/C=C/C=C/C(=O)O)OC. The van der Waals surface area contributed by atoms with Crippen molar-refractivity contribution in [2.24, 2.45) is 0 Å². The molecule has 0 atom stereocenters. The van der Waals surface area contributed by atoms with Crippen LogP contribution in [0.1, 0.15) is 0 Å². The number of aliphatic carboxylic acids is 1. The number of carbonyl (C=O) groups is 1. The van der Waals surface area contributed by atoms with E-state index in [2.05, 4.69) is 0 Å². The van der Waals surface area contributed by atoms with E-state index < -0.39 is 14.0 Å². The van der Waals surface area contributed by atoms with E-state index in [1.807, 2.05) is 0 Å². The number of rotatable bonds is 5. The third-order valence-electron chi connectivity index (χ3n) is 1.03. The molecule has 13 heavy (non-hydrogen) atoms. The van der Waals surface area contributed by atoms with Gasteiger partial charge in [-0.1, -0.05) is 12.2 Å². The zero-order valence-corrected chi connectivity index (χ0v) is 8.40. The van der Waals surface area contributed by atoms with E-state index in [0.29, 0.717) is 0 Å². The van der Waals surface area contributed by atoms with Crippen LogP contribution in [-0.4, -0.2) is 31.1 Å². The van der Waals surface area contributed by atoms with Gasteiger partial charge < -0.3 is 5.11 Å². The van der Waals surface area contributed by atoms with Gasteiger partial charge in [-0.05, 0) is 6.08 Å². The highest BCUT2D eigenvalue weighted by atomic mass is 31.1. The maximum atomic E-state index is 10.0. The van der Waals surface area contributed by atoms with Gasteiger partial charge in [-0.2, -0.15) is 9.05 Å². The number of hydrogen-bond acceptors (Lipinski definition) is 3. The monoisotopic (exact) mass is 203 g/mol. The van der Waals surface area contributed by atoms with Crippen molar-refractivity contribution in [3.8, 4) is 0 Å². The standard InChI is InChI=1S/C8H11O4P/c1-11-13(12-2)7-5-3-4-6-8(9)10/h3-7H,1-2H3/p+1/b5-3+,6-4+. The van der Waals surface area contributed by atoms with Crippen molar-refractivity contribution >= 4 is 19.8 Å². The Kier molecular flexibility index (Phi) is 7.11. The van der Waals surface area contributed by atoms with Crippen LogP contribution in [0.5, 0.6) is 0 Å². The summed E-state index contributed by atoms with van der Waals surface area (Å²) in [5.41, 5.74) is 0. The summed E-state index contributed by atoms with van der Waals surface area (Å²) in [6, 6.07) is 0. The molecule has 0 aliphatic rings. The molecule has 0 aliphatic carbocycles. The molecule has 0 heterocycles. The third kappa shape index (κ3) is 7.40. The van der Waals surface area contributed by atoms with Gasteiger partial charge in [0.15, 0.2) is 5.80 Å². The molecular weight excluding hydrogens is 191 g/mol. The van der Waals surface area contributed by atoms with E-state index in [1.165, 1.54) is 6.08 Å². The van der Waals surface area contributed by atoms with Crippen LogP contribution in [-0.2, 0) is 13.8 Å². The van der Waals surface area contributed by atoms with Gasteiger partial charge in [-0.3, -0.25) is 0 Å². The highest BCUT2D eigenvalue weighted by Gasteiger charge is 2.03. The molecular formula is C8H12O4P+. The minimum absolute atomic E-state index is 0.967. The molecule has 1 N–H and O–H groups in total. The lowest BCUT2D eigenvalue weighted by atomic mass is 10.4. The quantitative estimate of drug-likeness (QED) is 0.418. The molecule has 0 aromatic rings.